The summed E-state index contributed by atoms with van der Waals surface area (Å²) in [5.74, 6) is -4.63. The molecule has 234 valence electrons. The molecule has 14 nitrogen and oxygen atoms in total. The van der Waals surface area contributed by atoms with Crippen molar-refractivity contribution in [2.24, 2.45) is 17.4 Å². The highest BCUT2D eigenvalue weighted by Gasteiger charge is 2.40. The molecular weight excluding hydrogens is 556 g/mol. The van der Waals surface area contributed by atoms with E-state index in [1.165, 1.54) is 16.7 Å². The van der Waals surface area contributed by atoms with Crippen molar-refractivity contribution >= 4 is 47.3 Å². The SMILES string of the molecule is CSCCC(NC(=O)C(N)CC(C)C)C(=O)NC(CC(=O)O)C(=O)N1CCCC1C(=O)NC(CCCCN)C(=O)O. The van der Waals surface area contributed by atoms with Crippen LogP contribution in [-0.2, 0) is 28.8 Å². The molecule has 5 atom stereocenters. The van der Waals surface area contributed by atoms with Gasteiger partial charge in [0.05, 0.1) is 12.5 Å². The van der Waals surface area contributed by atoms with Gasteiger partial charge in [0.15, 0.2) is 0 Å². The van der Waals surface area contributed by atoms with Crippen LogP contribution in [0.25, 0.3) is 0 Å². The van der Waals surface area contributed by atoms with Gasteiger partial charge in [-0.25, -0.2) is 4.79 Å². The molecule has 15 heteroatoms. The van der Waals surface area contributed by atoms with Crippen molar-refractivity contribution in [3.63, 3.8) is 0 Å². The van der Waals surface area contributed by atoms with Gasteiger partial charge in [0.2, 0.25) is 23.6 Å². The van der Waals surface area contributed by atoms with E-state index in [1.54, 1.807) is 0 Å². The molecular formula is C26H46N6O8S. The summed E-state index contributed by atoms with van der Waals surface area (Å²) in [7, 11) is 0. The minimum atomic E-state index is -1.51. The maximum absolute atomic E-state index is 13.5. The smallest absolute Gasteiger partial charge is 0.326 e. The highest BCUT2D eigenvalue weighted by molar-refractivity contribution is 7.98. The summed E-state index contributed by atoms with van der Waals surface area (Å²) < 4.78 is 0. The lowest BCUT2D eigenvalue weighted by molar-refractivity contribution is -0.147. The number of amides is 4. The Morgan fingerprint density at radius 1 is 0.951 bits per heavy atom. The summed E-state index contributed by atoms with van der Waals surface area (Å²) in [6.07, 6.45) is 3.63. The molecule has 5 unspecified atom stereocenters. The number of hydrogen-bond acceptors (Lipinski definition) is 9. The molecule has 1 rings (SSSR count). The Labute approximate surface area is 245 Å². The molecule has 0 saturated carbocycles. The number of nitrogens with zero attached hydrogens (tertiary/aromatic N) is 1. The number of unbranched alkanes of at least 4 members (excludes halogenated alkanes) is 1. The fourth-order valence-corrected chi connectivity index (χ4v) is 5.04. The van der Waals surface area contributed by atoms with Gasteiger partial charge in [0.25, 0.3) is 0 Å². The average Bonchev–Trinajstić information content (AvgIpc) is 3.38. The van der Waals surface area contributed by atoms with Crippen LogP contribution in [0.1, 0.15) is 65.2 Å². The molecule has 0 aliphatic carbocycles. The van der Waals surface area contributed by atoms with E-state index < -0.39 is 72.2 Å². The zero-order valence-corrected chi connectivity index (χ0v) is 24.9. The number of likely N-dealkylation sites (tertiary alicyclic amines) is 1. The predicted octanol–water partition coefficient (Wildman–Crippen LogP) is -0.753. The van der Waals surface area contributed by atoms with Crippen molar-refractivity contribution in [1.82, 2.24) is 20.9 Å². The summed E-state index contributed by atoms with van der Waals surface area (Å²) in [4.78, 5) is 76.7. The maximum Gasteiger partial charge on any atom is 0.326 e. The number of thioether (sulfide) groups is 1. The third kappa shape index (κ3) is 12.6. The van der Waals surface area contributed by atoms with E-state index in [0.717, 1.165) is 0 Å². The van der Waals surface area contributed by atoms with Gasteiger partial charge in [-0.05, 0) is 69.4 Å². The van der Waals surface area contributed by atoms with Crippen LogP contribution in [0.3, 0.4) is 0 Å². The van der Waals surface area contributed by atoms with Gasteiger partial charge in [-0.1, -0.05) is 13.8 Å². The summed E-state index contributed by atoms with van der Waals surface area (Å²) >= 11 is 1.44. The van der Waals surface area contributed by atoms with Crippen molar-refractivity contribution < 1.29 is 39.0 Å². The van der Waals surface area contributed by atoms with Crippen LogP contribution in [0.4, 0.5) is 0 Å². The first-order valence-corrected chi connectivity index (χ1v) is 15.3. The average molecular weight is 603 g/mol. The second-order valence-electron chi connectivity index (χ2n) is 10.6. The molecule has 0 aromatic rings. The first-order chi connectivity index (χ1) is 19.3. The Bertz CT molecular complexity index is 920. The molecule has 0 aromatic heterocycles. The Morgan fingerprint density at radius 2 is 1.61 bits per heavy atom. The number of carboxylic acid groups (broad SMARTS) is 2. The number of nitrogens with one attached hydrogen (secondary N) is 3. The van der Waals surface area contributed by atoms with E-state index >= 15 is 0 Å². The number of nitrogens with two attached hydrogens (primary N) is 2. The largest absolute Gasteiger partial charge is 0.481 e. The number of carbonyl (C=O) groups is 6. The van der Waals surface area contributed by atoms with Gasteiger partial charge >= 0.3 is 11.9 Å². The number of carboxylic acids is 2. The Hall–Kier alpha value is -2.91. The van der Waals surface area contributed by atoms with Crippen LogP contribution in [-0.4, -0.2) is 106 Å². The lowest BCUT2D eigenvalue weighted by Gasteiger charge is -2.30. The highest BCUT2D eigenvalue weighted by atomic mass is 32.2. The zero-order valence-electron chi connectivity index (χ0n) is 24.1. The van der Waals surface area contributed by atoms with Gasteiger partial charge in [-0.15, -0.1) is 0 Å². The standard InChI is InChI=1S/C26H46N6O8S/c1-15(2)13-16(28)22(35)29-17(9-12-41-3)23(36)31-19(14-21(33)34)25(38)32-11-6-8-20(32)24(37)30-18(26(39)40)7-4-5-10-27/h15-20H,4-14,27-28H2,1-3H3,(H,29,35)(H,30,37)(H,31,36)(H,33,34)(H,39,40). The summed E-state index contributed by atoms with van der Waals surface area (Å²) in [5.41, 5.74) is 11.4. The van der Waals surface area contributed by atoms with Crippen LogP contribution in [0.5, 0.6) is 0 Å². The molecule has 1 aliphatic heterocycles. The molecule has 41 heavy (non-hydrogen) atoms. The minimum Gasteiger partial charge on any atom is -0.481 e. The normalized spacial score (nSPS) is 17.8. The number of hydrogen-bond donors (Lipinski definition) is 7. The fraction of sp³-hybridized carbons (Fsp3) is 0.769. The second-order valence-corrected chi connectivity index (χ2v) is 11.6. The first kappa shape index (κ1) is 36.1. The van der Waals surface area contributed by atoms with Crippen molar-refractivity contribution in [3.05, 3.63) is 0 Å². The monoisotopic (exact) mass is 602 g/mol. The summed E-state index contributed by atoms with van der Waals surface area (Å²) in [6.45, 7) is 4.32. The molecule has 1 fully saturated rings. The van der Waals surface area contributed by atoms with Crippen molar-refractivity contribution in [1.29, 1.82) is 0 Å². The molecule has 0 bridgehead atoms. The van der Waals surface area contributed by atoms with Crippen LogP contribution in [0.15, 0.2) is 0 Å². The zero-order chi connectivity index (χ0) is 31.1. The molecule has 1 saturated heterocycles. The van der Waals surface area contributed by atoms with Gasteiger partial charge in [-0.3, -0.25) is 24.0 Å². The minimum absolute atomic E-state index is 0.129. The quantitative estimate of drug-likeness (QED) is 0.0908. The lowest BCUT2D eigenvalue weighted by atomic mass is 10.0. The topological polar surface area (TPSA) is 234 Å². The maximum atomic E-state index is 13.5. The van der Waals surface area contributed by atoms with E-state index in [0.29, 0.717) is 38.0 Å². The third-order valence-corrected chi connectivity index (χ3v) is 7.34. The van der Waals surface area contributed by atoms with Gasteiger partial charge < -0.3 is 42.5 Å². The fourth-order valence-electron chi connectivity index (χ4n) is 4.57. The lowest BCUT2D eigenvalue weighted by Crippen LogP contribution is -2.58. The first-order valence-electron chi connectivity index (χ1n) is 13.9. The summed E-state index contributed by atoms with van der Waals surface area (Å²) in [5, 5.41) is 26.5. The summed E-state index contributed by atoms with van der Waals surface area (Å²) in [6, 6.07) is -5.59. The molecule has 0 radical (unpaired) electrons. The molecule has 0 aromatic carbocycles. The van der Waals surface area contributed by atoms with E-state index in [1.807, 2.05) is 20.1 Å². The van der Waals surface area contributed by atoms with Crippen molar-refractivity contribution in [2.45, 2.75) is 95.4 Å². The van der Waals surface area contributed by atoms with E-state index in [2.05, 4.69) is 16.0 Å². The Kier molecular flexibility index (Phi) is 16.3. The number of aliphatic carboxylic acids is 2. The van der Waals surface area contributed by atoms with Crippen LogP contribution in [0, 0.1) is 5.92 Å². The van der Waals surface area contributed by atoms with E-state index in [9.17, 15) is 39.0 Å². The van der Waals surface area contributed by atoms with Crippen molar-refractivity contribution in [2.75, 3.05) is 25.1 Å². The predicted molar refractivity (Wildman–Crippen MR) is 154 cm³/mol. The van der Waals surface area contributed by atoms with E-state index in [4.69, 9.17) is 11.5 Å². The molecule has 0 spiro atoms. The van der Waals surface area contributed by atoms with Crippen LogP contribution in [0.2, 0.25) is 0 Å². The van der Waals surface area contributed by atoms with Gasteiger partial charge in [0, 0.05) is 6.54 Å². The van der Waals surface area contributed by atoms with Gasteiger partial charge in [-0.2, -0.15) is 11.8 Å². The second kappa shape index (κ2) is 18.5. The third-order valence-electron chi connectivity index (χ3n) is 6.70. The van der Waals surface area contributed by atoms with Crippen LogP contribution < -0.4 is 27.4 Å². The number of carbonyl (C=O) groups excluding carboxylic acids is 4. The highest BCUT2D eigenvalue weighted by Crippen LogP contribution is 2.20. The molecule has 1 aliphatic rings. The molecule has 4 amide bonds. The number of rotatable bonds is 19. The Balaban J connectivity index is 3.05. The van der Waals surface area contributed by atoms with E-state index in [-0.39, 0.29) is 31.7 Å². The van der Waals surface area contributed by atoms with Gasteiger partial charge in [0.1, 0.15) is 24.2 Å². The van der Waals surface area contributed by atoms with Crippen molar-refractivity contribution in [3.8, 4) is 0 Å². The molecule has 1 heterocycles. The van der Waals surface area contributed by atoms with Crippen LogP contribution >= 0.6 is 11.8 Å². The Morgan fingerprint density at radius 3 is 2.17 bits per heavy atom. The molecule has 9 N–H and O–H groups in total.